The van der Waals surface area contributed by atoms with Gasteiger partial charge in [0.1, 0.15) is 0 Å². The molecule has 12 heavy (non-hydrogen) atoms. The highest BCUT2D eigenvalue weighted by Gasteiger charge is 1.90. The van der Waals surface area contributed by atoms with Crippen LogP contribution < -0.4 is 0 Å². The maximum atomic E-state index is 3.15. The van der Waals surface area contributed by atoms with Crippen LogP contribution >= 0.6 is 0 Å². The van der Waals surface area contributed by atoms with Crippen LogP contribution in [-0.4, -0.2) is 0 Å². The summed E-state index contributed by atoms with van der Waals surface area (Å²) in [5.74, 6) is 12.8. The SMILES string of the molecule is C[CH]CC#CCC(C)C#CCC. The van der Waals surface area contributed by atoms with E-state index < -0.39 is 0 Å². The molecule has 0 aliphatic carbocycles. The number of hydrogen-bond acceptors (Lipinski definition) is 0. The molecule has 0 aromatic carbocycles. The van der Waals surface area contributed by atoms with Crippen LogP contribution in [0.3, 0.4) is 0 Å². The lowest BCUT2D eigenvalue weighted by Crippen LogP contribution is -1.86. The summed E-state index contributed by atoms with van der Waals surface area (Å²) in [4.78, 5) is 0. The van der Waals surface area contributed by atoms with Gasteiger partial charge in [-0.1, -0.05) is 26.7 Å². The lowest BCUT2D eigenvalue weighted by atomic mass is 10.1. The molecule has 0 heteroatoms. The van der Waals surface area contributed by atoms with Crippen LogP contribution in [0.5, 0.6) is 0 Å². The first-order valence-corrected chi connectivity index (χ1v) is 4.53. The van der Waals surface area contributed by atoms with Crippen LogP contribution in [0.2, 0.25) is 0 Å². The smallest absolute Gasteiger partial charge is 0.0283 e. The van der Waals surface area contributed by atoms with E-state index >= 15 is 0 Å². The van der Waals surface area contributed by atoms with Gasteiger partial charge in [0.05, 0.1) is 0 Å². The van der Waals surface area contributed by atoms with Gasteiger partial charge in [-0.25, -0.2) is 0 Å². The predicted octanol–water partition coefficient (Wildman–Crippen LogP) is 3.04. The molecule has 1 unspecified atom stereocenters. The van der Waals surface area contributed by atoms with Crippen molar-refractivity contribution < 1.29 is 0 Å². The van der Waals surface area contributed by atoms with Crippen LogP contribution in [0.1, 0.15) is 40.0 Å². The summed E-state index contributed by atoms with van der Waals surface area (Å²) in [5, 5.41) is 0. The van der Waals surface area contributed by atoms with E-state index in [-0.39, 0.29) is 0 Å². The van der Waals surface area contributed by atoms with Crippen molar-refractivity contribution in [3.05, 3.63) is 6.42 Å². The van der Waals surface area contributed by atoms with Crippen molar-refractivity contribution in [3.63, 3.8) is 0 Å². The zero-order chi connectivity index (χ0) is 9.23. The van der Waals surface area contributed by atoms with Gasteiger partial charge >= 0.3 is 0 Å². The van der Waals surface area contributed by atoms with E-state index in [1.807, 2.05) is 6.92 Å². The molecule has 1 radical (unpaired) electrons. The highest BCUT2D eigenvalue weighted by Crippen LogP contribution is 1.97. The summed E-state index contributed by atoms with van der Waals surface area (Å²) in [7, 11) is 0. The van der Waals surface area contributed by atoms with Gasteiger partial charge in [-0.2, -0.15) is 0 Å². The van der Waals surface area contributed by atoms with Gasteiger partial charge < -0.3 is 0 Å². The second kappa shape index (κ2) is 8.22. The molecule has 0 bridgehead atoms. The van der Waals surface area contributed by atoms with Gasteiger partial charge in [-0.15, -0.1) is 17.8 Å². The molecule has 0 aromatic rings. The first kappa shape index (κ1) is 11.1. The second-order valence-electron chi connectivity index (χ2n) is 2.75. The summed E-state index contributed by atoms with van der Waals surface area (Å²) in [6, 6.07) is 0. The minimum atomic E-state index is 0.425. The molecule has 0 aromatic heterocycles. The Morgan fingerprint density at radius 3 is 2.58 bits per heavy atom. The third-order valence-corrected chi connectivity index (χ3v) is 1.36. The van der Waals surface area contributed by atoms with Crippen LogP contribution in [0.15, 0.2) is 0 Å². The van der Waals surface area contributed by atoms with Crippen molar-refractivity contribution in [2.24, 2.45) is 5.92 Å². The Hall–Kier alpha value is -0.880. The minimum absolute atomic E-state index is 0.425. The van der Waals surface area contributed by atoms with Gasteiger partial charge in [0.2, 0.25) is 0 Å². The summed E-state index contributed by atoms with van der Waals surface area (Å²) in [6.45, 7) is 6.21. The van der Waals surface area contributed by atoms with E-state index in [9.17, 15) is 0 Å². The molecule has 0 nitrogen and oxygen atoms in total. The Labute approximate surface area is 76.8 Å². The molecule has 0 heterocycles. The van der Waals surface area contributed by atoms with E-state index in [1.54, 1.807) is 0 Å². The number of hydrogen-bond donors (Lipinski definition) is 0. The van der Waals surface area contributed by atoms with E-state index in [0.29, 0.717) is 5.92 Å². The number of rotatable bonds is 2. The van der Waals surface area contributed by atoms with Gasteiger partial charge in [0.25, 0.3) is 0 Å². The van der Waals surface area contributed by atoms with Crippen LogP contribution in [0.25, 0.3) is 0 Å². The average molecular weight is 161 g/mol. The molecule has 0 aliphatic heterocycles. The Balaban J connectivity index is 3.58. The van der Waals surface area contributed by atoms with E-state index in [2.05, 4.69) is 44.0 Å². The summed E-state index contributed by atoms with van der Waals surface area (Å²) >= 11 is 0. The largest absolute Gasteiger partial charge is 0.103 e. The quantitative estimate of drug-likeness (QED) is 0.546. The summed E-state index contributed by atoms with van der Waals surface area (Å²) < 4.78 is 0. The summed E-state index contributed by atoms with van der Waals surface area (Å²) in [6.07, 6.45) is 4.81. The Morgan fingerprint density at radius 2 is 2.00 bits per heavy atom. The van der Waals surface area contributed by atoms with Crippen molar-refractivity contribution in [1.82, 2.24) is 0 Å². The molecule has 65 valence electrons. The normalized spacial score (nSPS) is 10.6. The molecule has 0 amide bonds. The Morgan fingerprint density at radius 1 is 1.25 bits per heavy atom. The highest BCUT2D eigenvalue weighted by atomic mass is 13.9. The Kier molecular flexibility index (Phi) is 7.62. The zero-order valence-electron chi connectivity index (χ0n) is 8.28. The monoisotopic (exact) mass is 161 g/mol. The fraction of sp³-hybridized carbons (Fsp3) is 0.583. The number of unbranched alkanes of at least 4 members (excludes halogenated alkanes) is 1. The van der Waals surface area contributed by atoms with Gasteiger partial charge in [0.15, 0.2) is 0 Å². The van der Waals surface area contributed by atoms with Gasteiger partial charge in [0, 0.05) is 25.2 Å². The fourth-order valence-electron chi connectivity index (χ4n) is 0.727. The average Bonchev–Trinajstić information content (AvgIpc) is 2.09. The van der Waals surface area contributed by atoms with Gasteiger partial charge in [-0.05, 0) is 6.42 Å². The molecule has 0 fully saturated rings. The maximum Gasteiger partial charge on any atom is 0.0283 e. The molecular formula is C12H17. The van der Waals surface area contributed by atoms with Crippen LogP contribution in [0.4, 0.5) is 0 Å². The second-order valence-corrected chi connectivity index (χ2v) is 2.75. The maximum absolute atomic E-state index is 3.15. The van der Waals surface area contributed by atoms with E-state index in [0.717, 1.165) is 19.3 Å². The summed E-state index contributed by atoms with van der Waals surface area (Å²) in [5.41, 5.74) is 0. The molecule has 0 spiro atoms. The molecule has 0 aliphatic rings. The third kappa shape index (κ3) is 7.23. The van der Waals surface area contributed by atoms with Crippen LogP contribution in [0, 0.1) is 36.0 Å². The lowest BCUT2D eigenvalue weighted by Gasteiger charge is -1.93. The molecule has 0 saturated heterocycles. The topological polar surface area (TPSA) is 0 Å². The van der Waals surface area contributed by atoms with Crippen molar-refractivity contribution in [1.29, 1.82) is 0 Å². The minimum Gasteiger partial charge on any atom is -0.103 e. The highest BCUT2D eigenvalue weighted by molar-refractivity contribution is 5.08. The molecule has 0 saturated carbocycles. The molecule has 0 N–H and O–H groups in total. The Bertz CT molecular complexity index is 204. The first-order valence-electron chi connectivity index (χ1n) is 4.53. The predicted molar refractivity (Wildman–Crippen MR) is 54.2 cm³/mol. The van der Waals surface area contributed by atoms with Crippen LogP contribution in [-0.2, 0) is 0 Å². The molecule has 1 atom stereocenters. The fourth-order valence-corrected chi connectivity index (χ4v) is 0.727. The van der Waals surface area contributed by atoms with E-state index in [1.165, 1.54) is 0 Å². The van der Waals surface area contributed by atoms with E-state index in [4.69, 9.17) is 0 Å². The van der Waals surface area contributed by atoms with Crippen molar-refractivity contribution >= 4 is 0 Å². The molecule has 0 rings (SSSR count). The van der Waals surface area contributed by atoms with Gasteiger partial charge in [-0.3, -0.25) is 0 Å². The molecular weight excluding hydrogens is 144 g/mol. The van der Waals surface area contributed by atoms with Crippen molar-refractivity contribution in [2.45, 2.75) is 40.0 Å². The lowest BCUT2D eigenvalue weighted by molar-refractivity contribution is 0.787. The first-order chi connectivity index (χ1) is 5.81. The standard InChI is InChI=1S/C12H17/c1-4-6-8-9-11-12(3)10-7-5-2/h4,12H,5-6,11H2,1-3H3. The third-order valence-electron chi connectivity index (χ3n) is 1.36. The van der Waals surface area contributed by atoms with Crippen molar-refractivity contribution in [2.75, 3.05) is 0 Å². The zero-order valence-corrected chi connectivity index (χ0v) is 8.28. The van der Waals surface area contributed by atoms with Crippen molar-refractivity contribution in [3.8, 4) is 23.7 Å².